The van der Waals surface area contributed by atoms with Gasteiger partial charge in [-0.15, -0.1) is 0 Å². The van der Waals surface area contributed by atoms with E-state index in [0.717, 1.165) is 39.4 Å². The highest BCUT2D eigenvalue weighted by molar-refractivity contribution is 8.15. The summed E-state index contributed by atoms with van der Waals surface area (Å²) < 4.78 is -0.694. The molecule has 0 radical (unpaired) electrons. The molecule has 0 aliphatic carbocycles. The van der Waals surface area contributed by atoms with Gasteiger partial charge in [-0.25, -0.2) is 18.1 Å². The summed E-state index contributed by atoms with van der Waals surface area (Å²) in [7, 11) is 8.08. The molecule has 8 nitrogen and oxygen atoms in total. The molecule has 0 aromatic heterocycles. The van der Waals surface area contributed by atoms with Crippen molar-refractivity contribution in [2.45, 2.75) is 11.7 Å². The van der Waals surface area contributed by atoms with Crippen LogP contribution in [-0.2, 0) is 9.54 Å². The zero-order valence-electron chi connectivity index (χ0n) is 24.2. The number of thioether (sulfide) groups is 1. The minimum Gasteiger partial charge on any atom is -0.378 e. The second kappa shape index (κ2) is 12.8. The number of fused-ring (bicyclic) bond motifs is 1. The fourth-order valence-corrected chi connectivity index (χ4v) is 6.36. The van der Waals surface area contributed by atoms with Gasteiger partial charge >= 0.3 is 0 Å². The summed E-state index contributed by atoms with van der Waals surface area (Å²) in [5.41, 5.74) is 6.96. The summed E-state index contributed by atoms with van der Waals surface area (Å²) in [6, 6.07) is 23.2. The van der Waals surface area contributed by atoms with Gasteiger partial charge < -0.3 is 29.7 Å². The lowest BCUT2D eigenvalue weighted by atomic mass is 9.82. The van der Waals surface area contributed by atoms with E-state index >= 15 is 0 Å². The normalized spacial score (nSPS) is 13.2. The molecule has 41 heavy (non-hydrogen) atoms. The number of benzene rings is 3. The Kier molecular flexibility index (Phi) is 9.21. The number of rotatable bonds is 9. The number of anilines is 3. The van der Waals surface area contributed by atoms with E-state index in [1.807, 2.05) is 34.3 Å². The van der Waals surface area contributed by atoms with Crippen molar-refractivity contribution in [3.63, 3.8) is 0 Å². The Morgan fingerprint density at radius 2 is 1.32 bits per heavy atom. The third-order valence-corrected chi connectivity index (χ3v) is 8.41. The molecule has 0 saturated carbocycles. The van der Waals surface area contributed by atoms with Crippen molar-refractivity contribution in [3.8, 4) is 0 Å². The van der Waals surface area contributed by atoms with Crippen LogP contribution in [0, 0.1) is 13.1 Å². The van der Waals surface area contributed by atoms with E-state index in [9.17, 15) is 4.79 Å². The number of carbonyl (C=O) groups excluding carboxylic acids is 1. The lowest BCUT2D eigenvalue weighted by Crippen LogP contribution is -2.36. The van der Waals surface area contributed by atoms with E-state index in [4.69, 9.17) is 18.1 Å². The molecule has 0 atom stereocenters. The van der Waals surface area contributed by atoms with Crippen LogP contribution in [0.1, 0.15) is 23.6 Å². The molecule has 0 fully saturated rings. The molecule has 3 aromatic carbocycles. The Morgan fingerprint density at radius 1 is 0.829 bits per heavy atom. The lowest BCUT2D eigenvalue weighted by Gasteiger charge is -2.39. The molecule has 0 spiro atoms. The zero-order chi connectivity index (χ0) is 29.6. The van der Waals surface area contributed by atoms with Gasteiger partial charge in [-0.1, -0.05) is 42.1 Å². The molecule has 0 bridgehead atoms. The van der Waals surface area contributed by atoms with Crippen LogP contribution in [0.15, 0.2) is 71.7 Å². The molecule has 3 aromatic rings. The Bertz CT molecular complexity index is 1430. The number of hydrogen-bond donors (Lipinski definition) is 1. The van der Waals surface area contributed by atoms with E-state index in [0.29, 0.717) is 31.3 Å². The highest BCUT2D eigenvalue weighted by Crippen LogP contribution is 2.55. The fraction of sp³-hybridized carbons (Fsp3) is 0.312. The maximum absolute atomic E-state index is 12.3. The summed E-state index contributed by atoms with van der Waals surface area (Å²) >= 11 is 1.52. The molecule has 9 heteroatoms. The van der Waals surface area contributed by atoms with Crippen LogP contribution in [0.4, 0.5) is 22.7 Å². The number of nitrogens with one attached hydrogen (secondary N) is 1. The minimum absolute atomic E-state index is 0.189. The van der Waals surface area contributed by atoms with Crippen LogP contribution in [0.5, 0.6) is 0 Å². The standard InChI is InChI=1S/C32H35N7OS/c1-23(40)35-31-36-30-22-28(39(20-18-33-2)21-19-34-3)16-17-29(30)32(41-31,24-8-12-26(13-9-24)37(4)5)25-10-14-27(15-11-25)38(6)7/h8-17,22H,18-21H2,1,4-7H3,(H,35,36,40). The Hall–Kier alpha value is -4.47. The molecule has 0 unspecified atom stereocenters. The van der Waals surface area contributed by atoms with Gasteiger partial charge in [-0.3, -0.25) is 4.79 Å². The van der Waals surface area contributed by atoms with Gasteiger partial charge in [0.15, 0.2) is 5.17 Å². The highest BCUT2D eigenvalue weighted by atomic mass is 32.2. The monoisotopic (exact) mass is 565 g/mol. The molecule has 1 heterocycles. The van der Waals surface area contributed by atoms with Gasteiger partial charge in [0.25, 0.3) is 0 Å². The smallest absolute Gasteiger partial charge is 0.231 e. The van der Waals surface area contributed by atoms with Crippen molar-refractivity contribution in [1.82, 2.24) is 5.32 Å². The Balaban J connectivity index is 1.97. The predicted octanol–water partition coefficient (Wildman–Crippen LogP) is 5.63. The third-order valence-electron chi connectivity index (χ3n) is 7.02. The number of carbonyl (C=O) groups is 1. The average Bonchev–Trinajstić information content (AvgIpc) is 2.96. The number of amidine groups is 1. The summed E-state index contributed by atoms with van der Waals surface area (Å²) in [6.07, 6.45) is 0. The first kappa shape index (κ1) is 29.5. The van der Waals surface area contributed by atoms with E-state index in [2.05, 4.69) is 90.4 Å². The molecular formula is C32H35N7OS. The molecule has 0 saturated heterocycles. The van der Waals surface area contributed by atoms with Crippen molar-refractivity contribution in [2.24, 2.45) is 4.99 Å². The van der Waals surface area contributed by atoms with E-state index < -0.39 is 4.75 Å². The van der Waals surface area contributed by atoms with Gasteiger partial charge in [-0.05, 0) is 47.5 Å². The molecule has 1 amide bonds. The number of hydrogen-bond acceptors (Lipinski definition) is 6. The predicted molar refractivity (Wildman–Crippen MR) is 172 cm³/mol. The van der Waals surface area contributed by atoms with Crippen molar-refractivity contribution >= 4 is 45.6 Å². The largest absolute Gasteiger partial charge is 0.378 e. The first-order chi connectivity index (χ1) is 19.7. The molecule has 1 aliphatic heterocycles. The number of amides is 1. The van der Waals surface area contributed by atoms with Crippen molar-refractivity contribution in [1.29, 1.82) is 0 Å². The first-order valence-electron chi connectivity index (χ1n) is 13.4. The number of aliphatic imine (C=N–C) groups is 1. The van der Waals surface area contributed by atoms with Crippen LogP contribution in [0.25, 0.3) is 9.69 Å². The number of nitrogens with zero attached hydrogens (tertiary/aromatic N) is 6. The molecule has 1 N–H and O–H groups in total. The SMILES string of the molecule is [C-]#[N+]CCN(CC[N+]#[C-])c1ccc2c(c1)N=C(NC(C)=O)SC2(c1ccc(N(C)C)cc1)c1ccc(N(C)C)cc1. The lowest BCUT2D eigenvalue weighted by molar-refractivity contribution is -0.117. The summed E-state index contributed by atoms with van der Waals surface area (Å²) in [6.45, 7) is 17.8. The summed E-state index contributed by atoms with van der Waals surface area (Å²) in [4.78, 5) is 30.4. The molecule has 1 aliphatic rings. The second-order valence-electron chi connectivity index (χ2n) is 10.2. The maximum Gasteiger partial charge on any atom is 0.231 e. The van der Waals surface area contributed by atoms with Gasteiger partial charge in [0.1, 0.15) is 4.75 Å². The van der Waals surface area contributed by atoms with Gasteiger partial charge in [0, 0.05) is 57.7 Å². The van der Waals surface area contributed by atoms with E-state index in [1.54, 1.807) is 0 Å². The van der Waals surface area contributed by atoms with Crippen LogP contribution in [-0.4, -0.2) is 65.4 Å². The van der Waals surface area contributed by atoms with E-state index in [-0.39, 0.29) is 5.91 Å². The molecular weight excluding hydrogens is 530 g/mol. The van der Waals surface area contributed by atoms with Gasteiger partial charge in [-0.2, -0.15) is 0 Å². The van der Waals surface area contributed by atoms with Crippen LogP contribution < -0.4 is 20.0 Å². The highest BCUT2D eigenvalue weighted by Gasteiger charge is 2.43. The molecule has 4 rings (SSSR count). The van der Waals surface area contributed by atoms with Crippen LogP contribution >= 0.6 is 11.8 Å². The second-order valence-corrected chi connectivity index (χ2v) is 11.4. The quantitative estimate of drug-likeness (QED) is 0.341. The molecule has 210 valence electrons. The topological polar surface area (TPSA) is 59.9 Å². The average molecular weight is 566 g/mol. The van der Waals surface area contributed by atoms with Crippen molar-refractivity contribution in [2.75, 3.05) is 69.1 Å². The van der Waals surface area contributed by atoms with Crippen molar-refractivity contribution in [3.05, 3.63) is 106 Å². The van der Waals surface area contributed by atoms with E-state index in [1.165, 1.54) is 18.7 Å². The maximum atomic E-state index is 12.3. The minimum atomic E-state index is -0.694. The van der Waals surface area contributed by atoms with Crippen molar-refractivity contribution < 1.29 is 4.79 Å². The van der Waals surface area contributed by atoms with Gasteiger partial charge in [0.2, 0.25) is 19.0 Å². The van der Waals surface area contributed by atoms with Gasteiger partial charge in [0.05, 0.1) is 18.8 Å². The fourth-order valence-electron chi connectivity index (χ4n) is 4.94. The van der Waals surface area contributed by atoms with Crippen LogP contribution in [0.3, 0.4) is 0 Å². The Labute approximate surface area is 247 Å². The summed E-state index contributed by atoms with van der Waals surface area (Å²) in [5.74, 6) is -0.189. The first-order valence-corrected chi connectivity index (χ1v) is 14.2. The van der Waals surface area contributed by atoms with Crippen LogP contribution in [0.2, 0.25) is 0 Å². The summed E-state index contributed by atoms with van der Waals surface area (Å²) in [5, 5.41) is 3.48. The Morgan fingerprint density at radius 3 is 1.76 bits per heavy atom. The zero-order valence-corrected chi connectivity index (χ0v) is 25.0. The third kappa shape index (κ3) is 6.32.